The maximum absolute atomic E-state index is 12.7. The second-order valence-corrected chi connectivity index (χ2v) is 9.18. The van der Waals surface area contributed by atoms with Crippen molar-refractivity contribution < 1.29 is 18.0 Å². The summed E-state index contributed by atoms with van der Waals surface area (Å²) < 4.78 is 39.9. The number of rotatable bonds is 7. The Morgan fingerprint density at radius 1 is 1.16 bits per heavy atom. The number of nitrogens with zero attached hydrogens (tertiary/aromatic N) is 4. The van der Waals surface area contributed by atoms with Gasteiger partial charge in [-0.05, 0) is 48.9 Å². The molecule has 2 heterocycles. The lowest BCUT2D eigenvalue weighted by molar-refractivity contribution is -0.137. The number of aryl methyl sites for hydroxylation is 1. The standard InChI is InChI=1S/C21H16ClF3N4OS2/c1-13-19(32-20-26-12-27-29(13)20)18(11-31-17-8-6-16(22)7-9-17)28-30-10-14-2-4-15(5-3-14)21(23,24)25/h2-9,12H,10-11H2,1H3/b28-18+. The number of aromatic nitrogens is 3. The van der Waals surface area contributed by atoms with Crippen LogP contribution in [-0.2, 0) is 17.6 Å². The van der Waals surface area contributed by atoms with Gasteiger partial charge in [-0.2, -0.15) is 18.3 Å². The smallest absolute Gasteiger partial charge is 0.391 e. The highest BCUT2D eigenvalue weighted by atomic mass is 35.5. The van der Waals surface area contributed by atoms with Crippen molar-refractivity contribution in [3.05, 3.63) is 81.6 Å². The highest BCUT2D eigenvalue weighted by Crippen LogP contribution is 2.29. The van der Waals surface area contributed by atoms with Crippen LogP contribution in [0.25, 0.3) is 4.96 Å². The first-order valence-electron chi connectivity index (χ1n) is 9.34. The molecular formula is C21H16ClF3N4OS2. The number of thiazole rings is 1. The van der Waals surface area contributed by atoms with Crippen LogP contribution in [0.2, 0.25) is 5.02 Å². The molecular weight excluding hydrogens is 481 g/mol. The monoisotopic (exact) mass is 496 g/mol. The minimum Gasteiger partial charge on any atom is -0.391 e. The van der Waals surface area contributed by atoms with Crippen molar-refractivity contribution in [1.29, 1.82) is 0 Å². The number of benzene rings is 2. The summed E-state index contributed by atoms with van der Waals surface area (Å²) in [5, 5.41) is 9.19. The summed E-state index contributed by atoms with van der Waals surface area (Å²) in [4.78, 5) is 12.4. The number of fused-ring (bicyclic) bond motifs is 1. The fourth-order valence-corrected chi connectivity index (χ4v) is 4.91. The van der Waals surface area contributed by atoms with Crippen molar-refractivity contribution in [2.24, 2.45) is 5.16 Å². The second-order valence-electron chi connectivity index (χ2n) is 6.72. The molecule has 0 N–H and O–H groups in total. The first-order chi connectivity index (χ1) is 15.3. The molecule has 0 aliphatic carbocycles. The summed E-state index contributed by atoms with van der Waals surface area (Å²) in [6.45, 7) is 1.97. The molecule has 0 bridgehead atoms. The first kappa shape index (κ1) is 22.6. The van der Waals surface area contributed by atoms with Crippen molar-refractivity contribution in [3.63, 3.8) is 0 Å². The molecule has 166 valence electrons. The Labute approximate surface area is 194 Å². The third-order valence-electron chi connectivity index (χ3n) is 4.49. The van der Waals surface area contributed by atoms with Crippen LogP contribution < -0.4 is 0 Å². The zero-order valence-corrected chi connectivity index (χ0v) is 19.0. The molecule has 4 aromatic rings. The zero-order valence-electron chi connectivity index (χ0n) is 16.6. The normalized spacial score (nSPS) is 12.5. The van der Waals surface area contributed by atoms with Crippen LogP contribution in [0, 0.1) is 6.92 Å². The summed E-state index contributed by atoms with van der Waals surface area (Å²) in [5.74, 6) is 0.513. The molecule has 2 aromatic heterocycles. The van der Waals surface area contributed by atoms with E-state index in [1.165, 1.54) is 29.8 Å². The van der Waals surface area contributed by atoms with E-state index in [9.17, 15) is 13.2 Å². The van der Waals surface area contributed by atoms with Crippen molar-refractivity contribution >= 4 is 45.4 Å². The van der Waals surface area contributed by atoms with E-state index in [1.54, 1.807) is 16.3 Å². The molecule has 0 unspecified atom stereocenters. The van der Waals surface area contributed by atoms with Crippen LogP contribution in [0.15, 0.2) is 64.9 Å². The third-order valence-corrected chi connectivity index (χ3v) is 6.97. The minimum atomic E-state index is -4.37. The van der Waals surface area contributed by atoms with Crippen LogP contribution in [-0.4, -0.2) is 26.1 Å². The molecule has 0 atom stereocenters. The third kappa shape index (κ3) is 5.25. The molecule has 0 fully saturated rings. The van der Waals surface area contributed by atoms with Crippen molar-refractivity contribution in [1.82, 2.24) is 14.6 Å². The highest BCUT2D eigenvalue weighted by Gasteiger charge is 2.29. The van der Waals surface area contributed by atoms with Gasteiger partial charge in [0.05, 0.1) is 16.1 Å². The van der Waals surface area contributed by atoms with Crippen molar-refractivity contribution in [3.8, 4) is 0 Å². The fraction of sp³-hybridized carbons (Fsp3) is 0.190. The lowest BCUT2D eigenvalue weighted by atomic mass is 10.1. The topological polar surface area (TPSA) is 51.8 Å². The van der Waals surface area contributed by atoms with E-state index in [0.29, 0.717) is 22.1 Å². The first-order valence-corrected chi connectivity index (χ1v) is 11.5. The van der Waals surface area contributed by atoms with Gasteiger partial charge in [0.2, 0.25) is 4.96 Å². The Bertz CT molecular complexity index is 1230. The predicted molar refractivity (Wildman–Crippen MR) is 121 cm³/mol. The quantitative estimate of drug-likeness (QED) is 0.167. The Hall–Kier alpha value is -2.56. The maximum Gasteiger partial charge on any atom is 0.416 e. The van der Waals surface area contributed by atoms with Gasteiger partial charge >= 0.3 is 6.18 Å². The molecule has 0 aliphatic heterocycles. The summed E-state index contributed by atoms with van der Waals surface area (Å²) in [7, 11) is 0. The van der Waals surface area contributed by atoms with Gasteiger partial charge < -0.3 is 4.84 Å². The molecule has 0 amide bonds. The molecule has 2 aromatic carbocycles. The van der Waals surface area contributed by atoms with Crippen LogP contribution in [0.1, 0.15) is 21.7 Å². The number of alkyl halides is 3. The van der Waals surface area contributed by atoms with Gasteiger partial charge in [0.1, 0.15) is 18.6 Å². The molecule has 0 saturated carbocycles. The van der Waals surface area contributed by atoms with Crippen molar-refractivity contribution in [2.75, 3.05) is 5.75 Å². The van der Waals surface area contributed by atoms with Crippen molar-refractivity contribution in [2.45, 2.75) is 24.6 Å². The summed E-state index contributed by atoms with van der Waals surface area (Å²) >= 11 is 8.97. The summed E-state index contributed by atoms with van der Waals surface area (Å²) in [6, 6.07) is 12.3. The largest absolute Gasteiger partial charge is 0.416 e. The molecule has 4 rings (SSSR count). The van der Waals surface area contributed by atoms with Gasteiger partial charge in [-0.1, -0.05) is 40.2 Å². The van der Waals surface area contributed by atoms with Crippen LogP contribution in [0.5, 0.6) is 0 Å². The predicted octanol–water partition coefficient (Wildman–Crippen LogP) is 6.48. The number of hydrogen-bond donors (Lipinski definition) is 0. The zero-order chi connectivity index (χ0) is 22.7. The van der Waals surface area contributed by atoms with E-state index in [4.69, 9.17) is 16.4 Å². The Morgan fingerprint density at radius 2 is 1.88 bits per heavy atom. The molecule has 32 heavy (non-hydrogen) atoms. The fourth-order valence-electron chi connectivity index (χ4n) is 2.85. The Kier molecular flexibility index (Phi) is 6.73. The molecule has 11 heteroatoms. The molecule has 0 spiro atoms. The van der Waals surface area contributed by atoms with E-state index < -0.39 is 11.7 Å². The molecule has 0 saturated heterocycles. The number of halogens is 4. The summed E-state index contributed by atoms with van der Waals surface area (Å²) in [6.07, 6.45) is -2.88. The maximum atomic E-state index is 12.7. The average molecular weight is 497 g/mol. The SMILES string of the molecule is Cc1c(/C(CSc2ccc(Cl)cc2)=N/OCc2ccc(C(F)(F)F)cc2)sc2ncnn12. The molecule has 0 aliphatic rings. The van der Waals surface area contributed by atoms with E-state index in [1.807, 2.05) is 31.2 Å². The lowest BCUT2D eigenvalue weighted by Crippen LogP contribution is -2.07. The van der Waals surface area contributed by atoms with E-state index in [-0.39, 0.29) is 6.61 Å². The van der Waals surface area contributed by atoms with E-state index in [0.717, 1.165) is 32.6 Å². The van der Waals surface area contributed by atoms with Gasteiger partial charge in [0.25, 0.3) is 0 Å². The van der Waals surface area contributed by atoms with E-state index >= 15 is 0 Å². The summed E-state index contributed by atoms with van der Waals surface area (Å²) in [5.41, 5.74) is 1.46. The van der Waals surface area contributed by atoms with Gasteiger partial charge in [0.15, 0.2) is 0 Å². The van der Waals surface area contributed by atoms with Gasteiger partial charge in [-0.25, -0.2) is 9.50 Å². The molecule has 0 radical (unpaired) electrons. The van der Waals surface area contributed by atoms with E-state index in [2.05, 4.69) is 15.2 Å². The number of oxime groups is 1. The Balaban J connectivity index is 1.52. The van der Waals surface area contributed by atoms with Crippen LogP contribution in [0.3, 0.4) is 0 Å². The van der Waals surface area contributed by atoms with Gasteiger partial charge in [-0.15, -0.1) is 11.8 Å². The number of hydrogen-bond acceptors (Lipinski definition) is 6. The average Bonchev–Trinajstić information content (AvgIpc) is 3.34. The Morgan fingerprint density at radius 3 is 2.53 bits per heavy atom. The number of thioether (sulfide) groups is 1. The minimum absolute atomic E-state index is 0.0487. The van der Waals surface area contributed by atoms with Crippen LogP contribution >= 0.6 is 34.7 Å². The molecule has 5 nitrogen and oxygen atoms in total. The van der Waals surface area contributed by atoms with Gasteiger partial charge in [-0.3, -0.25) is 0 Å². The highest BCUT2D eigenvalue weighted by molar-refractivity contribution is 8.00. The van der Waals surface area contributed by atoms with Gasteiger partial charge in [0, 0.05) is 15.7 Å². The van der Waals surface area contributed by atoms with Crippen LogP contribution in [0.4, 0.5) is 13.2 Å². The second kappa shape index (κ2) is 9.51. The lowest BCUT2D eigenvalue weighted by Gasteiger charge is -2.08.